The Morgan fingerprint density at radius 1 is 1.29 bits per heavy atom. The molecule has 17 heavy (non-hydrogen) atoms. The van der Waals surface area contributed by atoms with Crippen LogP contribution >= 0.6 is 11.6 Å². The fourth-order valence-electron chi connectivity index (χ4n) is 1.86. The van der Waals surface area contributed by atoms with Gasteiger partial charge in [-0.15, -0.1) is 0 Å². The van der Waals surface area contributed by atoms with Gasteiger partial charge in [0, 0.05) is 24.7 Å². The Morgan fingerprint density at radius 3 is 2.65 bits per heavy atom. The second-order valence-corrected chi connectivity index (χ2v) is 4.92. The number of unbranched alkanes of at least 4 members (excludes halogenated alkanes) is 1. The Bertz CT molecular complexity index is 339. The molecule has 3 heteroatoms. The minimum Gasteiger partial charge on any atom is -0.329 e. The second-order valence-electron chi connectivity index (χ2n) is 4.51. The molecule has 0 aliphatic rings. The highest BCUT2D eigenvalue weighted by Crippen LogP contribution is 2.19. The van der Waals surface area contributed by atoms with Gasteiger partial charge in [0.25, 0.3) is 0 Å². The summed E-state index contributed by atoms with van der Waals surface area (Å²) in [5.41, 5.74) is 8.04. The molecule has 0 aromatic heterocycles. The molecule has 0 saturated carbocycles. The zero-order chi connectivity index (χ0) is 12.7. The predicted octanol–water partition coefficient (Wildman–Crippen LogP) is 3.21. The summed E-state index contributed by atoms with van der Waals surface area (Å²) in [4.78, 5) is 2.38. The molecule has 0 fully saturated rings. The van der Waals surface area contributed by atoms with E-state index in [4.69, 9.17) is 17.3 Å². The number of aryl methyl sites for hydroxylation is 1. The van der Waals surface area contributed by atoms with E-state index in [-0.39, 0.29) is 0 Å². The van der Waals surface area contributed by atoms with Crippen LogP contribution in [0.2, 0.25) is 5.02 Å². The van der Waals surface area contributed by atoms with Crippen molar-refractivity contribution in [1.82, 2.24) is 4.90 Å². The molecule has 2 N–H and O–H groups in total. The van der Waals surface area contributed by atoms with Gasteiger partial charge in [0.15, 0.2) is 0 Å². The smallest absolute Gasteiger partial charge is 0.0453 e. The van der Waals surface area contributed by atoms with Gasteiger partial charge in [0.05, 0.1) is 0 Å². The minimum atomic E-state index is 0.702. The molecule has 0 saturated heterocycles. The van der Waals surface area contributed by atoms with Crippen molar-refractivity contribution in [3.63, 3.8) is 0 Å². The Morgan fingerprint density at radius 2 is 2.06 bits per heavy atom. The Balaban J connectivity index is 2.64. The molecule has 0 bridgehead atoms. The summed E-state index contributed by atoms with van der Waals surface area (Å²) < 4.78 is 0. The first-order chi connectivity index (χ1) is 8.17. The van der Waals surface area contributed by atoms with Crippen LogP contribution in [-0.2, 0) is 6.54 Å². The van der Waals surface area contributed by atoms with Crippen LogP contribution in [0.3, 0.4) is 0 Å². The fourth-order valence-corrected chi connectivity index (χ4v) is 2.15. The van der Waals surface area contributed by atoms with E-state index in [0.29, 0.717) is 6.54 Å². The molecule has 0 aliphatic heterocycles. The molecule has 0 spiro atoms. The summed E-state index contributed by atoms with van der Waals surface area (Å²) in [7, 11) is 0. The summed E-state index contributed by atoms with van der Waals surface area (Å²) in [6.45, 7) is 7.90. The van der Waals surface area contributed by atoms with Crippen LogP contribution in [0.4, 0.5) is 0 Å². The molecule has 0 aliphatic carbocycles. The Labute approximate surface area is 110 Å². The molecule has 0 unspecified atom stereocenters. The zero-order valence-corrected chi connectivity index (χ0v) is 11.6. The van der Waals surface area contributed by atoms with Crippen LogP contribution < -0.4 is 5.73 Å². The van der Waals surface area contributed by atoms with Gasteiger partial charge >= 0.3 is 0 Å². The number of rotatable bonds is 7. The average Bonchev–Trinajstić information content (AvgIpc) is 2.29. The Kier molecular flexibility index (Phi) is 6.56. The molecule has 96 valence electrons. The lowest BCUT2D eigenvalue weighted by molar-refractivity contribution is 0.268. The lowest BCUT2D eigenvalue weighted by atomic mass is 10.1. The number of nitrogens with zero attached hydrogens (tertiary/aromatic N) is 1. The van der Waals surface area contributed by atoms with Crippen LogP contribution in [0.15, 0.2) is 18.2 Å². The van der Waals surface area contributed by atoms with Crippen LogP contribution in [0.5, 0.6) is 0 Å². The summed E-state index contributed by atoms with van der Waals surface area (Å²) in [5.74, 6) is 0. The monoisotopic (exact) mass is 254 g/mol. The second kappa shape index (κ2) is 7.70. The summed E-state index contributed by atoms with van der Waals surface area (Å²) in [5, 5.41) is 0.864. The first kappa shape index (κ1) is 14.5. The van der Waals surface area contributed by atoms with Gasteiger partial charge in [-0.2, -0.15) is 0 Å². The fraction of sp³-hybridized carbons (Fsp3) is 0.571. The zero-order valence-electron chi connectivity index (χ0n) is 10.9. The first-order valence-electron chi connectivity index (χ1n) is 6.34. The third-order valence-corrected chi connectivity index (χ3v) is 3.23. The highest BCUT2D eigenvalue weighted by atomic mass is 35.5. The van der Waals surface area contributed by atoms with E-state index in [0.717, 1.165) is 24.7 Å². The van der Waals surface area contributed by atoms with Gasteiger partial charge in [-0.25, -0.2) is 0 Å². The maximum absolute atomic E-state index is 6.25. The van der Waals surface area contributed by atoms with Crippen LogP contribution in [0, 0.1) is 6.92 Å². The van der Waals surface area contributed by atoms with E-state index in [1.165, 1.54) is 24.0 Å². The van der Waals surface area contributed by atoms with Crippen molar-refractivity contribution in [1.29, 1.82) is 0 Å². The van der Waals surface area contributed by atoms with Gasteiger partial charge in [-0.05, 0) is 37.1 Å². The first-order valence-corrected chi connectivity index (χ1v) is 6.72. The van der Waals surface area contributed by atoms with E-state index >= 15 is 0 Å². The molecule has 0 heterocycles. The van der Waals surface area contributed by atoms with E-state index in [9.17, 15) is 0 Å². The van der Waals surface area contributed by atoms with Crippen molar-refractivity contribution < 1.29 is 0 Å². The standard InChI is InChI=1S/C14H23ClN2/c1-3-4-8-17(9-7-16)11-13-6-5-12(2)10-14(13)15/h5-6,10H,3-4,7-9,11,16H2,1-2H3. The van der Waals surface area contributed by atoms with Crippen LogP contribution in [0.1, 0.15) is 30.9 Å². The van der Waals surface area contributed by atoms with Crippen molar-refractivity contribution in [3.8, 4) is 0 Å². The van der Waals surface area contributed by atoms with Crippen molar-refractivity contribution in [2.24, 2.45) is 5.73 Å². The van der Waals surface area contributed by atoms with Crippen molar-refractivity contribution >= 4 is 11.6 Å². The third kappa shape index (κ3) is 5.07. The molecule has 1 aromatic carbocycles. The van der Waals surface area contributed by atoms with Gasteiger partial charge in [-0.1, -0.05) is 37.1 Å². The van der Waals surface area contributed by atoms with Gasteiger partial charge in [0.2, 0.25) is 0 Å². The minimum absolute atomic E-state index is 0.702. The maximum Gasteiger partial charge on any atom is 0.0453 e. The molecule has 0 amide bonds. The molecule has 0 radical (unpaired) electrons. The van der Waals surface area contributed by atoms with E-state index in [2.05, 4.69) is 30.9 Å². The van der Waals surface area contributed by atoms with Gasteiger partial charge in [-0.3, -0.25) is 4.90 Å². The topological polar surface area (TPSA) is 29.3 Å². The molecule has 1 rings (SSSR count). The van der Waals surface area contributed by atoms with E-state index in [1.54, 1.807) is 0 Å². The number of benzene rings is 1. The largest absolute Gasteiger partial charge is 0.329 e. The SMILES string of the molecule is CCCCN(CCN)Cc1ccc(C)cc1Cl. The number of hydrogen-bond donors (Lipinski definition) is 1. The van der Waals surface area contributed by atoms with Gasteiger partial charge < -0.3 is 5.73 Å². The van der Waals surface area contributed by atoms with E-state index < -0.39 is 0 Å². The van der Waals surface area contributed by atoms with Gasteiger partial charge in [0.1, 0.15) is 0 Å². The summed E-state index contributed by atoms with van der Waals surface area (Å²) >= 11 is 6.25. The molecule has 0 atom stereocenters. The molecular formula is C14H23ClN2. The number of hydrogen-bond acceptors (Lipinski definition) is 2. The molecule has 1 aromatic rings. The Hall–Kier alpha value is -0.570. The summed E-state index contributed by atoms with van der Waals surface area (Å²) in [6.07, 6.45) is 2.42. The van der Waals surface area contributed by atoms with Crippen molar-refractivity contribution in [2.75, 3.05) is 19.6 Å². The quantitative estimate of drug-likeness (QED) is 0.810. The van der Waals surface area contributed by atoms with E-state index in [1.807, 2.05) is 6.07 Å². The highest BCUT2D eigenvalue weighted by molar-refractivity contribution is 6.31. The van der Waals surface area contributed by atoms with Crippen LogP contribution in [-0.4, -0.2) is 24.5 Å². The number of nitrogens with two attached hydrogens (primary N) is 1. The van der Waals surface area contributed by atoms with Crippen LogP contribution in [0.25, 0.3) is 0 Å². The molecular weight excluding hydrogens is 232 g/mol. The summed E-state index contributed by atoms with van der Waals surface area (Å²) in [6, 6.07) is 6.26. The normalized spacial score (nSPS) is 11.1. The lowest BCUT2D eigenvalue weighted by Crippen LogP contribution is -2.30. The molecule has 2 nitrogen and oxygen atoms in total. The maximum atomic E-state index is 6.25. The lowest BCUT2D eigenvalue weighted by Gasteiger charge is -2.22. The number of halogens is 1. The van der Waals surface area contributed by atoms with Crippen molar-refractivity contribution in [3.05, 3.63) is 34.3 Å². The third-order valence-electron chi connectivity index (χ3n) is 2.88. The average molecular weight is 255 g/mol. The predicted molar refractivity (Wildman–Crippen MR) is 75.4 cm³/mol. The van der Waals surface area contributed by atoms with Crippen molar-refractivity contribution in [2.45, 2.75) is 33.2 Å². The highest BCUT2D eigenvalue weighted by Gasteiger charge is 2.07.